The number of aliphatic hydroxyl groups excluding tert-OH is 4. The molecule has 2 heterocycles. The van der Waals surface area contributed by atoms with Crippen LogP contribution in [0.15, 0.2) is 33.5 Å². The summed E-state index contributed by atoms with van der Waals surface area (Å²) in [4.78, 5) is 22.5. The molecule has 5 N–H and O–H groups in total. The van der Waals surface area contributed by atoms with Gasteiger partial charge in [-0.05, 0) is 12.1 Å². The maximum absolute atomic E-state index is 11.5. The van der Waals surface area contributed by atoms with Crippen LogP contribution in [0, 0.1) is 0 Å². The fourth-order valence-electron chi connectivity index (χ4n) is 2.82. The van der Waals surface area contributed by atoms with E-state index in [2.05, 4.69) is 5.32 Å². The van der Waals surface area contributed by atoms with Crippen LogP contribution in [-0.4, -0.2) is 64.0 Å². The van der Waals surface area contributed by atoms with Crippen molar-refractivity contribution in [1.82, 2.24) is 0 Å². The number of carbonyl (C=O) groups excluding carboxylic acids is 1. The second-order valence-corrected chi connectivity index (χ2v) is 5.75. The lowest BCUT2D eigenvalue weighted by Gasteiger charge is -2.40. The van der Waals surface area contributed by atoms with Crippen molar-refractivity contribution in [3.8, 4) is 0 Å². The highest BCUT2D eigenvalue weighted by Crippen LogP contribution is 2.25. The normalized spacial score (nSPS) is 29.5. The molecule has 9 nitrogen and oxygen atoms in total. The highest BCUT2D eigenvalue weighted by Gasteiger charge is 2.43. The van der Waals surface area contributed by atoms with Gasteiger partial charge in [-0.3, -0.25) is 4.79 Å². The van der Waals surface area contributed by atoms with E-state index in [-0.39, 0.29) is 11.1 Å². The van der Waals surface area contributed by atoms with Gasteiger partial charge in [-0.1, -0.05) is 0 Å². The van der Waals surface area contributed by atoms with Crippen LogP contribution in [0.1, 0.15) is 10.4 Å². The fraction of sp³-hybridized carbons (Fsp3) is 0.375. The minimum absolute atomic E-state index is 0.147. The van der Waals surface area contributed by atoms with Crippen molar-refractivity contribution in [2.75, 3.05) is 11.9 Å². The number of hydrogen-bond donors (Lipinski definition) is 5. The van der Waals surface area contributed by atoms with Crippen LogP contribution in [0.4, 0.5) is 5.69 Å². The summed E-state index contributed by atoms with van der Waals surface area (Å²) in [7, 11) is 0. The van der Waals surface area contributed by atoms with E-state index < -0.39 is 42.9 Å². The van der Waals surface area contributed by atoms with Crippen LogP contribution in [0.25, 0.3) is 11.0 Å². The Balaban J connectivity index is 1.90. The van der Waals surface area contributed by atoms with Gasteiger partial charge in [0, 0.05) is 28.8 Å². The molecule has 1 fully saturated rings. The van der Waals surface area contributed by atoms with Crippen molar-refractivity contribution in [2.45, 2.75) is 30.6 Å². The van der Waals surface area contributed by atoms with Gasteiger partial charge in [-0.15, -0.1) is 0 Å². The molecular weight excluding hydrogens is 334 g/mol. The van der Waals surface area contributed by atoms with Crippen LogP contribution >= 0.6 is 0 Å². The Bertz CT molecular complexity index is 834. The largest absolute Gasteiger partial charge is 0.423 e. The van der Waals surface area contributed by atoms with Gasteiger partial charge in [0.15, 0.2) is 12.6 Å². The Morgan fingerprint density at radius 3 is 2.60 bits per heavy atom. The molecule has 1 aromatic heterocycles. The fourth-order valence-corrected chi connectivity index (χ4v) is 2.82. The Morgan fingerprint density at radius 2 is 1.92 bits per heavy atom. The predicted octanol–water partition coefficient (Wildman–Crippen LogP) is -1.18. The van der Waals surface area contributed by atoms with Crippen molar-refractivity contribution in [3.63, 3.8) is 0 Å². The van der Waals surface area contributed by atoms with Gasteiger partial charge in [-0.25, -0.2) is 4.79 Å². The number of fused-ring (bicyclic) bond motifs is 1. The molecule has 0 radical (unpaired) electrons. The van der Waals surface area contributed by atoms with Crippen molar-refractivity contribution in [2.24, 2.45) is 0 Å². The van der Waals surface area contributed by atoms with Gasteiger partial charge in [-0.2, -0.15) is 0 Å². The van der Waals surface area contributed by atoms with Gasteiger partial charge in [0.25, 0.3) is 0 Å². The molecule has 134 valence electrons. The van der Waals surface area contributed by atoms with E-state index in [9.17, 15) is 24.9 Å². The van der Waals surface area contributed by atoms with E-state index >= 15 is 0 Å². The zero-order valence-electron chi connectivity index (χ0n) is 12.9. The van der Waals surface area contributed by atoms with Crippen LogP contribution in [0.3, 0.4) is 0 Å². The number of hydrogen-bond acceptors (Lipinski definition) is 9. The third-order valence-electron chi connectivity index (χ3n) is 4.14. The predicted molar refractivity (Wildman–Crippen MR) is 85.3 cm³/mol. The molecule has 0 saturated carbocycles. The molecule has 3 rings (SSSR count). The zero-order valence-corrected chi connectivity index (χ0v) is 12.9. The quantitative estimate of drug-likeness (QED) is 0.339. The summed E-state index contributed by atoms with van der Waals surface area (Å²) < 4.78 is 10.1. The van der Waals surface area contributed by atoms with E-state index in [1.54, 1.807) is 12.1 Å². The molecule has 1 saturated heterocycles. The van der Waals surface area contributed by atoms with Crippen LogP contribution in [0.2, 0.25) is 0 Å². The molecule has 9 heteroatoms. The monoisotopic (exact) mass is 351 g/mol. The zero-order chi connectivity index (χ0) is 18.1. The lowest BCUT2D eigenvalue weighted by Crippen LogP contribution is -2.61. The van der Waals surface area contributed by atoms with Gasteiger partial charge in [0.1, 0.15) is 29.9 Å². The smallest absolute Gasteiger partial charge is 0.336 e. The molecule has 3 unspecified atom stereocenters. The van der Waals surface area contributed by atoms with Crippen LogP contribution in [0.5, 0.6) is 0 Å². The minimum Gasteiger partial charge on any atom is -0.423 e. The number of aldehydes is 1. The maximum Gasteiger partial charge on any atom is 0.336 e. The lowest BCUT2D eigenvalue weighted by molar-refractivity contribution is -0.245. The Labute approximate surface area is 141 Å². The van der Waals surface area contributed by atoms with E-state index in [0.717, 1.165) is 6.07 Å². The summed E-state index contributed by atoms with van der Waals surface area (Å²) in [5.74, 6) is 0. The molecule has 0 amide bonds. The van der Waals surface area contributed by atoms with Crippen molar-refractivity contribution < 1.29 is 34.4 Å². The third-order valence-corrected chi connectivity index (χ3v) is 4.14. The molecule has 0 spiro atoms. The van der Waals surface area contributed by atoms with E-state index in [0.29, 0.717) is 17.4 Å². The topological polar surface area (TPSA) is 149 Å². The molecule has 1 aliphatic heterocycles. The number of nitrogens with one attached hydrogen (secondary N) is 1. The first kappa shape index (κ1) is 17.5. The Kier molecular flexibility index (Phi) is 4.84. The first-order valence-electron chi connectivity index (χ1n) is 7.54. The van der Waals surface area contributed by atoms with Crippen molar-refractivity contribution in [1.29, 1.82) is 0 Å². The summed E-state index contributed by atoms with van der Waals surface area (Å²) in [5, 5.41) is 42.3. The first-order chi connectivity index (χ1) is 11.9. The Hall–Kier alpha value is -2.30. The average molecular weight is 351 g/mol. The molecule has 1 aliphatic rings. The van der Waals surface area contributed by atoms with Gasteiger partial charge in [0.2, 0.25) is 0 Å². The lowest BCUT2D eigenvalue weighted by atomic mass is 9.96. The third kappa shape index (κ3) is 3.28. The van der Waals surface area contributed by atoms with Crippen LogP contribution in [-0.2, 0) is 4.74 Å². The summed E-state index contributed by atoms with van der Waals surface area (Å²) in [6.07, 6.45) is -4.86. The number of ether oxygens (including phenoxy) is 1. The second kappa shape index (κ2) is 6.90. The summed E-state index contributed by atoms with van der Waals surface area (Å²) in [6, 6.07) is 4.51. The number of carbonyl (C=O) groups is 1. The molecule has 0 bridgehead atoms. The summed E-state index contributed by atoms with van der Waals surface area (Å²) in [6.45, 7) is -0.558. The number of rotatable bonds is 4. The highest BCUT2D eigenvalue weighted by molar-refractivity contribution is 5.96. The molecule has 25 heavy (non-hydrogen) atoms. The van der Waals surface area contributed by atoms with E-state index in [1.165, 1.54) is 6.07 Å². The SMILES string of the molecule is O=Cc1cc(=O)oc2cc(NC3C(O)OC(CO)[C@@H](O)[C@@H]3O)ccc12. The first-order valence-corrected chi connectivity index (χ1v) is 7.54. The maximum atomic E-state index is 11.5. The molecule has 5 atom stereocenters. The number of aliphatic hydroxyl groups is 4. The van der Waals surface area contributed by atoms with E-state index in [1.807, 2.05) is 0 Å². The minimum atomic E-state index is -1.49. The highest BCUT2D eigenvalue weighted by atomic mass is 16.6. The van der Waals surface area contributed by atoms with Gasteiger partial charge < -0.3 is 34.9 Å². The van der Waals surface area contributed by atoms with Crippen LogP contribution < -0.4 is 10.9 Å². The van der Waals surface area contributed by atoms with E-state index in [4.69, 9.17) is 14.3 Å². The summed E-state index contributed by atoms with van der Waals surface area (Å²) in [5.41, 5.74) is 0.00301. The molecular formula is C16H17NO8. The molecule has 1 aromatic carbocycles. The average Bonchev–Trinajstić information content (AvgIpc) is 2.60. The molecule has 0 aliphatic carbocycles. The Morgan fingerprint density at radius 1 is 1.16 bits per heavy atom. The standard InChI is InChI=1S/C16H17NO8/c18-5-7-3-12(20)24-10-4-8(1-2-9(7)10)17-13-15(22)14(21)11(6-19)25-16(13)23/h1-5,11,13-17,19,21-23H,6H2/t11?,13?,14-,15-,16?/m1/s1. The van der Waals surface area contributed by atoms with Crippen molar-refractivity contribution in [3.05, 3.63) is 40.2 Å². The summed E-state index contributed by atoms with van der Waals surface area (Å²) >= 11 is 0. The van der Waals surface area contributed by atoms with Gasteiger partial charge >= 0.3 is 5.63 Å². The number of anilines is 1. The molecule has 2 aromatic rings. The van der Waals surface area contributed by atoms with Crippen molar-refractivity contribution >= 4 is 22.9 Å². The van der Waals surface area contributed by atoms with Gasteiger partial charge in [0.05, 0.1) is 6.61 Å². The second-order valence-electron chi connectivity index (χ2n) is 5.75. The number of benzene rings is 1.